The quantitative estimate of drug-likeness (QED) is 0.911. The third-order valence-corrected chi connectivity index (χ3v) is 3.21. The first-order chi connectivity index (χ1) is 9.11. The number of hydrogen-bond acceptors (Lipinski definition) is 4. The van der Waals surface area contributed by atoms with E-state index in [1.54, 1.807) is 37.6 Å². The molecule has 1 heterocycles. The number of hydrogen-bond donors (Lipinski definition) is 2. The van der Waals surface area contributed by atoms with Crippen molar-refractivity contribution in [3.8, 4) is 5.75 Å². The molecule has 5 nitrogen and oxygen atoms in total. The van der Waals surface area contributed by atoms with Crippen molar-refractivity contribution in [2.45, 2.75) is 0 Å². The van der Waals surface area contributed by atoms with E-state index in [0.717, 1.165) is 0 Å². The molecule has 0 saturated carbocycles. The summed E-state index contributed by atoms with van der Waals surface area (Å²) in [6.45, 7) is 0. The van der Waals surface area contributed by atoms with E-state index in [-0.39, 0.29) is 5.91 Å². The summed E-state index contributed by atoms with van der Waals surface area (Å²) >= 11 is 3.33. The Morgan fingerprint density at radius 1 is 1.42 bits per heavy atom. The number of nitrogen functional groups attached to an aromatic ring is 1. The fourth-order valence-corrected chi connectivity index (χ4v) is 1.94. The molecule has 2 rings (SSSR count). The van der Waals surface area contributed by atoms with Crippen molar-refractivity contribution in [3.05, 3.63) is 46.7 Å². The zero-order valence-corrected chi connectivity index (χ0v) is 11.8. The van der Waals surface area contributed by atoms with Crippen LogP contribution in [0.2, 0.25) is 0 Å². The number of nitrogens with zero attached hydrogens (tertiary/aromatic N) is 1. The van der Waals surface area contributed by atoms with Crippen LogP contribution in [0.15, 0.2) is 41.1 Å². The second-order valence-corrected chi connectivity index (χ2v) is 4.62. The normalized spacial score (nSPS) is 10.0. The van der Waals surface area contributed by atoms with Crippen LogP contribution in [0.4, 0.5) is 11.4 Å². The standard InChI is InChI=1S/C13H12BrN3O2/c1-19-8-2-3-10(14)9(6-8)13(18)17-12-4-5-16-7-11(12)15/h2-7H,15H2,1H3,(H,16,17,18). The number of carbonyl (C=O) groups is 1. The minimum absolute atomic E-state index is 0.274. The summed E-state index contributed by atoms with van der Waals surface area (Å²) in [5.74, 6) is 0.333. The number of nitrogens with one attached hydrogen (secondary N) is 1. The van der Waals surface area contributed by atoms with Gasteiger partial charge >= 0.3 is 0 Å². The lowest BCUT2D eigenvalue weighted by Gasteiger charge is -2.10. The minimum Gasteiger partial charge on any atom is -0.497 e. The summed E-state index contributed by atoms with van der Waals surface area (Å²) in [6, 6.07) is 6.81. The number of benzene rings is 1. The number of ether oxygens (including phenoxy) is 1. The number of halogens is 1. The maximum atomic E-state index is 12.2. The lowest BCUT2D eigenvalue weighted by atomic mass is 10.2. The molecule has 0 aliphatic rings. The third-order valence-electron chi connectivity index (χ3n) is 2.52. The van der Waals surface area contributed by atoms with Crippen molar-refractivity contribution >= 4 is 33.2 Å². The lowest BCUT2D eigenvalue weighted by Crippen LogP contribution is -2.14. The third kappa shape index (κ3) is 3.03. The molecule has 0 saturated heterocycles. The van der Waals surface area contributed by atoms with Crippen LogP contribution in [0.25, 0.3) is 0 Å². The Kier molecular flexibility index (Phi) is 4.01. The number of nitrogens with two attached hydrogens (primary N) is 1. The highest BCUT2D eigenvalue weighted by Gasteiger charge is 2.12. The maximum absolute atomic E-state index is 12.2. The Labute approximate surface area is 118 Å². The Hall–Kier alpha value is -2.08. The minimum atomic E-state index is -0.274. The fraction of sp³-hybridized carbons (Fsp3) is 0.0769. The van der Waals surface area contributed by atoms with Gasteiger partial charge in [-0.1, -0.05) is 0 Å². The van der Waals surface area contributed by atoms with Crippen LogP contribution < -0.4 is 15.8 Å². The van der Waals surface area contributed by atoms with Gasteiger partial charge in [0.2, 0.25) is 0 Å². The molecule has 0 aliphatic heterocycles. The Morgan fingerprint density at radius 3 is 2.89 bits per heavy atom. The van der Waals surface area contributed by atoms with E-state index in [4.69, 9.17) is 10.5 Å². The number of amides is 1. The van der Waals surface area contributed by atoms with E-state index in [0.29, 0.717) is 27.2 Å². The molecule has 98 valence electrons. The van der Waals surface area contributed by atoms with Crippen molar-refractivity contribution in [1.82, 2.24) is 4.98 Å². The molecular weight excluding hydrogens is 310 g/mol. The summed E-state index contributed by atoms with van der Waals surface area (Å²) < 4.78 is 5.78. The highest BCUT2D eigenvalue weighted by atomic mass is 79.9. The zero-order valence-electron chi connectivity index (χ0n) is 10.2. The van der Waals surface area contributed by atoms with E-state index >= 15 is 0 Å². The van der Waals surface area contributed by atoms with Gasteiger partial charge < -0.3 is 15.8 Å². The molecule has 0 spiro atoms. The summed E-state index contributed by atoms with van der Waals surface area (Å²) in [7, 11) is 1.55. The second-order valence-electron chi connectivity index (χ2n) is 3.76. The van der Waals surface area contributed by atoms with Gasteiger partial charge in [-0.2, -0.15) is 0 Å². The van der Waals surface area contributed by atoms with Gasteiger partial charge in [0.1, 0.15) is 5.75 Å². The van der Waals surface area contributed by atoms with E-state index in [2.05, 4.69) is 26.2 Å². The number of aromatic nitrogens is 1. The molecule has 6 heteroatoms. The summed E-state index contributed by atoms with van der Waals surface area (Å²) in [5, 5.41) is 2.73. The second kappa shape index (κ2) is 5.71. The van der Waals surface area contributed by atoms with Crippen LogP contribution in [-0.2, 0) is 0 Å². The molecule has 1 amide bonds. The van der Waals surface area contributed by atoms with Crippen molar-refractivity contribution in [1.29, 1.82) is 0 Å². The van der Waals surface area contributed by atoms with Crippen molar-refractivity contribution < 1.29 is 9.53 Å². The van der Waals surface area contributed by atoms with E-state index in [9.17, 15) is 4.79 Å². The first kappa shape index (κ1) is 13.4. The van der Waals surface area contributed by atoms with Gasteiger partial charge in [-0.25, -0.2) is 0 Å². The Morgan fingerprint density at radius 2 is 2.21 bits per heavy atom. The largest absolute Gasteiger partial charge is 0.497 e. The van der Waals surface area contributed by atoms with E-state index < -0.39 is 0 Å². The van der Waals surface area contributed by atoms with E-state index in [1.165, 1.54) is 6.20 Å². The van der Waals surface area contributed by atoms with Gasteiger partial charge in [0, 0.05) is 10.7 Å². The molecule has 0 atom stereocenters. The van der Waals surface area contributed by atoms with Crippen molar-refractivity contribution in [3.63, 3.8) is 0 Å². The monoisotopic (exact) mass is 321 g/mol. The van der Waals surface area contributed by atoms with Crippen LogP contribution in [-0.4, -0.2) is 18.0 Å². The molecule has 0 fully saturated rings. The summed E-state index contributed by atoms with van der Waals surface area (Å²) in [5.41, 5.74) is 7.13. The zero-order chi connectivity index (χ0) is 13.8. The van der Waals surface area contributed by atoms with Gasteiger partial charge in [0.25, 0.3) is 5.91 Å². The van der Waals surface area contributed by atoms with Crippen LogP contribution >= 0.6 is 15.9 Å². The molecule has 0 bridgehead atoms. The van der Waals surface area contributed by atoms with Crippen LogP contribution in [0, 0.1) is 0 Å². The van der Waals surface area contributed by atoms with Gasteiger partial charge in [-0.05, 0) is 40.2 Å². The number of anilines is 2. The lowest BCUT2D eigenvalue weighted by molar-refractivity contribution is 0.102. The van der Waals surface area contributed by atoms with Gasteiger partial charge in [-0.15, -0.1) is 0 Å². The molecule has 0 radical (unpaired) electrons. The highest BCUT2D eigenvalue weighted by molar-refractivity contribution is 9.10. The molecule has 0 aliphatic carbocycles. The van der Waals surface area contributed by atoms with Crippen molar-refractivity contribution in [2.75, 3.05) is 18.2 Å². The van der Waals surface area contributed by atoms with Crippen LogP contribution in [0.3, 0.4) is 0 Å². The fourth-order valence-electron chi connectivity index (χ4n) is 1.52. The molecule has 19 heavy (non-hydrogen) atoms. The summed E-state index contributed by atoms with van der Waals surface area (Å²) in [4.78, 5) is 16.0. The van der Waals surface area contributed by atoms with Crippen molar-refractivity contribution in [2.24, 2.45) is 0 Å². The molecular formula is C13H12BrN3O2. The summed E-state index contributed by atoms with van der Waals surface area (Å²) in [6.07, 6.45) is 3.04. The Balaban J connectivity index is 2.28. The van der Waals surface area contributed by atoms with E-state index in [1.807, 2.05) is 0 Å². The predicted molar refractivity (Wildman–Crippen MR) is 77.3 cm³/mol. The Bertz CT molecular complexity index is 617. The SMILES string of the molecule is COc1ccc(Br)c(C(=O)Nc2ccncc2N)c1. The predicted octanol–water partition coefficient (Wildman–Crippen LogP) is 2.69. The van der Waals surface area contributed by atoms with Gasteiger partial charge in [0.15, 0.2) is 0 Å². The molecule has 1 aromatic heterocycles. The van der Waals surface area contributed by atoms with Crippen LogP contribution in [0.5, 0.6) is 5.75 Å². The molecule has 2 aromatic rings. The van der Waals surface area contributed by atoms with Gasteiger partial charge in [0.05, 0.1) is 30.2 Å². The van der Waals surface area contributed by atoms with Gasteiger partial charge in [-0.3, -0.25) is 9.78 Å². The number of rotatable bonds is 3. The maximum Gasteiger partial charge on any atom is 0.257 e. The average molecular weight is 322 g/mol. The first-order valence-electron chi connectivity index (χ1n) is 5.46. The number of pyridine rings is 1. The number of carbonyl (C=O) groups excluding carboxylic acids is 1. The topological polar surface area (TPSA) is 77.2 Å². The first-order valence-corrected chi connectivity index (χ1v) is 6.25. The average Bonchev–Trinajstić information content (AvgIpc) is 2.42. The number of methoxy groups -OCH3 is 1. The smallest absolute Gasteiger partial charge is 0.257 e. The molecule has 0 unspecified atom stereocenters. The highest BCUT2D eigenvalue weighted by Crippen LogP contribution is 2.24. The van der Waals surface area contributed by atoms with Crippen LogP contribution in [0.1, 0.15) is 10.4 Å². The molecule has 1 aromatic carbocycles. The molecule has 3 N–H and O–H groups in total.